The molecule has 0 aliphatic carbocycles. The van der Waals surface area contributed by atoms with Crippen LogP contribution < -0.4 is 10.6 Å². The summed E-state index contributed by atoms with van der Waals surface area (Å²) in [5.41, 5.74) is 0. The number of rotatable bonds is 11. The Bertz CT molecular complexity index is 435. The molecule has 0 saturated carbocycles. The molecule has 0 aliphatic rings. The number of unbranched alkanes of at least 4 members (excludes halogenated alkanes) is 2. The number of hydrogen-bond donors (Lipinski definition) is 2. The minimum atomic E-state index is -0.161. The van der Waals surface area contributed by atoms with E-state index < -0.39 is 0 Å². The number of aliphatic imine (C=N–C) groups is 1. The Labute approximate surface area is 139 Å². The second-order valence-electron chi connectivity index (χ2n) is 5.37. The number of nitrogens with zero attached hydrogens (tertiary/aromatic N) is 3. The van der Waals surface area contributed by atoms with Crippen molar-refractivity contribution in [3.05, 3.63) is 11.7 Å². The van der Waals surface area contributed by atoms with E-state index in [1.165, 1.54) is 0 Å². The van der Waals surface area contributed by atoms with Crippen LogP contribution in [0.25, 0.3) is 0 Å². The highest BCUT2D eigenvalue weighted by Gasteiger charge is 2.13. The van der Waals surface area contributed by atoms with Gasteiger partial charge < -0.3 is 19.9 Å². The minimum absolute atomic E-state index is 0.161. The fourth-order valence-corrected chi connectivity index (χ4v) is 1.91. The van der Waals surface area contributed by atoms with Crippen LogP contribution in [0.1, 0.15) is 71.2 Å². The normalized spacial score (nSPS) is 12.0. The van der Waals surface area contributed by atoms with Crippen molar-refractivity contribution in [3.8, 4) is 0 Å². The Balaban J connectivity index is 2.56. The molecule has 1 heterocycles. The maximum absolute atomic E-state index is 5.45. The van der Waals surface area contributed by atoms with Crippen LogP contribution in [0.5, 0.6) is 0 Å². The molecule has 1 rings (SSSR count). The molecule has 0 unspecified atom stereocenters. The lowest BCUT2D eigenvalue weighted by atomic mass is 10.3. The number of aromatic nitrogens is 2. The zero-order valence-electron chi connectivity index (χ0n) is 14.9. The van der Waals surface area contributed by atoms with E-state index in [4.69, 9.17) is 9.26 Å². The zero-order valence-corrected chi connectivity index (χ0v) is 14.9. The first-order valence-corrected chi connectivity index (χ1v) is 8.67. The Hall–Kier alpha value is -1.63. The molecule has 0 amide bonds. The number of hydrogen-bond acceptors (Lipinski definition) is 5. The van der Waals surface area contributed by atoms with Crippen molar-refractivity contribution < 1.29 is 9.26 Å². The van der Waals surface area contributed by atoms with Crippen LogP contribution >= 0.6 is 0 Å². The van der Waals surface area contributed by atoms with Gasteiger partial charge in [0.2, 0.25) is 5.89 Å². The molecule has 0 fully saturated rings. The SMILES string of the molecule is CCCCNC(=NCc1nc([C@@H](C)OCC)no1)NCCCC. The van der Waals surface area contributed by atoms with Gasteiger partial charge in [0, 0.05) is 19.7 Å². The maximum Gasteiger partial charge on any atom is 0.248 e. The molecule has 132 valence electrons. The van der Waals surface area contributed by atoms with Crippen LogP contribution in [0, 0.1) is 0 Å². The summed E-state index contributed by atoms with van der Waals surface area (Å²) in [5.74, 6) is 1.86. The van der Waals surface area contributed by atoms with E-state index in [2.05, 4.69) is 39.6 Å². The monoisotopic (exact) mass is 325 g/mol. The van der Waals surface area contributed by atoms with Crippen molar-refractivity contribution in [2.75, 3.05) is 19.7 Å². The molecule has 1 aromatic heterocycles. The number of nitrogens with one attached hydrogen (secondary N) is 2. The predicted molar refractivity (Wildman–Crippen MR) is 91.3 cm³/mol. The van der Waals surface area contributed by atoms with Gasteiger partial charge in [0.25, 0.3) is 0 Å². The number of ether oxygens (including phenoxy) is 1. The highest BCUT2D eigenvalue weighted by atomic mass is 16.5. The standard InChI is InChI=1S/C16H31N5O2/c1-5-8-10-17-16(18-11-9-6-2)19-12-14-20-15(21-23-14)13(4)22-7-3/h13H,5-12H2,1-4H3,(H2,17,18,19)/t13-/m1/s1. The summed E-state index contributed by atoms with van der Waals surface area (Å²) in [7, 11) is 0. The van der Waals surface area contributed by atoms with E-state index in [9.17, 15) is 0 Å². The maximum atomic E-state index is 5.45. The van der Waals surface area contributed by atoms with Crippen molar-refractivity contribution in [2.45, 2.75) is 66.0 Å². The second kappa shape index (κ2) is 11.9. The Morgan fingerprint density at radius 3 is 2.39 bits per heavy atom. The second-order valence-corrected chi connectivity index (χ2v) is 5.37. The largest absolute Gasteiger partial charge is 0.371 e. The van der Waals surface area contributed by atoms with Gasteiger partial charge in [-0.25, -0.2) is 4.99 Å². The highest BCUT2D eigenvalue weighted by molar-refractivity contribution is 5.79. The smallest absolute Gasteiger partial charge is 0.248 e. The summed E-state index contributed by atoms with van der Waals surface area (Å²) >= 11 is 0. The quantitative estimate of drug-likeness (QED) is 0.370. The molecule has 7 heteroatoms. The van der Waals surface area contributed by atoms with Crippen LogP contribution in [0.3, 0.4) is 0 Å². The Morgan fingerprint density at radius 1 is 1.17 bits per heavy atom. The molecule has 1 atom stereocenters. The fraction of sp³-hybridized carbons (Fsp3) is 0.812. The van der Waals surface area contributed by atoms with Crippen LogP contribution in [0.2, 0.25) is 0 Å². The molecule has 0 saturated heterocycles. The van der Waals surface area contributed by atoms with Crippen molar-refractivity contribution in [1.29, 1.82) is 0 Å². The van der Waals surface area contributed by atoms with Gasteiger partial charge >= 0.3 is 0 Å². The van der Waals surface area contributed by atoms with Gasteiger partial charge in [0.1, 0.15) is 12.6 Å². The Morgan fingerprint density at radius 2 is 1.83 bits per heavy atom. The van der Waals surface area contributed by atoms with E-state index in [-0.39, 0.29) is 6.10 Å². The molecule has 1 aromatic rings. The van der Waals surface area contributed by atoms with Gasteiger partial charge in [0.05, 0.1) is 0 Å². The third kappa shape index (κ3) is 7.97. The molecule has 0 radical (unpaired) electrons. The lowest BCUT2D eigenvalue weighted by Crippen LogP contribution is -2.38. The first kappa shape index (κ1) is 19.4. The minimum Gasteiger partial charge on any atom is -0.371 e. The van der Waals surface area contributed by atoms with Crippen molar-refractivity contribution >= 4 is 5.96 Å². The van der Waals surface area contributed by atoms with Crippen molar-refractivity contribution in [1.82, 2.24) is 20.8 Å². The fourth-order valence-electron chi connectivity index (χ4n) is 1.91. The van der Waals surface area contributed by atoms with E-state index in [1.807, 2.05) is 13.8 Å². The molecule has 0 spiro atoms. The summed E-state index contributed by atoms with van der Waals surface area (Å²) in [5, 5.41) is 10.6. The van der Waals surface area contributed by atoms with E-state index >= 15 is 0 Å². The van der Waals surface area contributed by atoms with E-state index in [0.717, 1.165) is 44.7 Å². The van der Waals surface area contributed by atoms with Crippen molar-refractivity contribution in [2.24, 2.45) is 4.99 Å². The molecule has 0 aliphatic heterocycles. The Kier molecular flexibility index (Phi) is 10.0. The number of guanidine groups is 1. The molecule has 23 heavy (non-hydrogen) atoms. The van der Waals surface area contributed by atoms with Gasteiger partial charge in [-0.15, -0.1) is 0 Å². The first-order valence-electron chi connectivity index (χ1n) is 8.67. The molecular formula is C16H31N5O2. The summed E-state index contributed by atoms with van der Waals surface area (Å²) in [6.45, 7) is 11.0. The molecular weight excluding hydrogens is 294 g/mol. The predicted octanol–water partition coefficient (Wildman–Crippen LogP) is 2.80. The highest BCUT2D eigenvalue weighted by Crippen LogP contribution is 2.12. The van der Waals surface area contributed by atoms with E-state index in [1.54, 1.807) is 0 Å². The lowest BCUT2D eigenvalue weighted by Gasteiger charge is -2.11. The average molecular weight is 325 g/mol. The summed E-state index contributed by atoms with van der Waals surface area (Å²) in [4.78, 5) is 8.84. The summed E-state index contributed by atoms with van der Waals surface area (Å²) in [6.07, 6.45) is 4.37. The molecule has 0 bridgehead atoms. The zero-order chi connectivity index (χ0) is 16.9. The molecule has 0 aromatic carbocycles. The van der Waals surface area contributed by atoms with Gasteiger partial charge in [-0.05, 0) is 26.7 Å². The van der Waals surface area contributed by atoms with Gasteiger partial charge in [-0.3, -0.25) is 0 Å². The van der Waals surface area contributed by atoms with Gasteiger partial charge in [-0.2, -0.15) is 4.98 Å². The first-order chi connectivity index (χ1) is 11.2. The average Bonchev–Trinajstić information content (AvgIpc) is 3.02. The van der Waals surface area contributed by atoms with Crippen LogP contribution in [-0.2, 0) is 11.3 Å². The molecule has 2 N–H and O–H groups in total. The lowest BCUT2D eigenvalue weighted by molar-refractivity contribution is 0.0683. The molecule has 7 nitrogen and oxygen atoms in total. The van der Waals surface area contributed by atoms with E-state index in [0.29, 0.717) is 24.9 Å². The van der Waals surface area contributed by atoms with Gasteiger partial charge in [-0.1, -0.05) is 31.8 Å². The summed E-state index contributed by atoms with van der Waals surface area (Å²) < 4.78 is 10.7. The third-order valence-corrected chi connectivity index (χ3v) is 3.28. The summed E-state index contributed by atoms with van der Waals surface area (Å²) in [6, 6.07) is 0. The van der Waals surface area contributed by atoms with Crippen LogP contribution in [-0.4, -0.2) is 35.8 Å². The van der Waals surface area contributed by atoms with Crippen molar-refractivity contribution in [3.63, 3.8) is 0 Å². The van der Waals surface area contributed by atoms with Gasteiger partial charge in [0.15, 0.2) is 11.8 Å². The van der Waals surface area contributed by atoms with Crippen LogP contribution in [0.4, 0.5) is 0 Å². The topological polar surface area (TPSA) is 84.6 Å². The third-order valence-electron chi connectivity index (χ3n) is 3.28. The van der Waals surface area contributed by atoms with Crippen LogP contribution in [0.15, 0.2) is 9.52 Å².